The van der Waals surface area contributed by atoms with Gasteiger partial charge in [0.05, 0.1) is 26.9 Å². The summed E-state index contributed by atoms with van der Waals surface area (Å²) in [4.78, 5) is 29.9. The summed E-state index contributed by atoms with van der Waals surface area (Å²) in [5, 5.41) is 11.3. The number of para-hydroxylation sites is 1. The molecule has 0 fully saturated rings. The third-order valence-corrected chi connectivity index (χ3v) is 5.92. The molecule has 1 heterocycles. The van der Waals surface area contributed by atoms with Gasteiger partial charge < -0.3 is 4.90 Å². The number of hydrogen-bond donors (Lipinski definition) is 0. The van der Waals surface area contributed by atoms with E-state index in [1.54, 1.807) is 35.4 Å². The molecular formula is C18H17N3O3S2. The second-order valence-corrected chi connectivity index (χ2v) is 8.31. The number of benzene rings is 2. The monoisotopic (exact) mass is 387 g/mol. The van der Waals surface area contributed by atoms with Gasteiger partial charge >= 0.3 is 0 Å². The van der Waals surface area contributed by atoms with Crippen LogP contribution in [-0.2, 0) is 11.3 Å². The average molecular weight is 387 g/mol. The van der Waals surface area contributed by atoms with Crippen LogP contribution in [-0.4, -0.2) is 33.0 Å². The third kappa shape index (κ3) is 4.20. The minimum Gasteiger partial charge on any atom is -0.338 e. The van der Waals surface area contributed by atoms with Crippen LogP contribution in [0.3, 0.4) is 0 Å². The molecule has 1 unspecified atom stereocenters. The predicted octanol–water partition coefficient (Wildman–Crippen LogP) is 4.34. The van der Waals surface area contributed by atoms with Crippen LogP contribution in [0, 0.1) is 10.1 Å². The van der Waals surface area contributed by atoms with Crippen LogP contribution in [0.1, 0.15) is 11.9 Å². The number of nitro benzene ring substituents is 1. The smallest absolute Gasteiger partial charge is 0.269 e. The van der Waals surface area contributed by atoms with Crippen molar-refractivity contribution in [2.45, 2.75) is 23.6 Å². The van der Waals surface area contributed by atoms with E-state index in [4.69, 9.17) is 0 Å². The van der Waals surface area contributed by atoms with Gasteiger partial charge in [-0.15, -0.1) is 23.1 Å². The Morgan fingerprint density at radius 2 is 1.96 bits per heavy atom. The highest BCUT2D eigenvalue weighted by molar-refractivity contribution is 8.00. The molecule has 8 heteroatoms. The first-order valence-corrected chi connectivity index (χ1v) is 9.64. The van der Waals surface area contributed by atoms with Gasteiger partial charge in [0.25, 0.3) is 5.69 Å². The molecule has 2 aromatic carbocycles. The summed E-state index contributed by atoms with van der Waals surface area (Å²) >= 11 is 2.97. The molecule has 0 aliphatic rings. The Bertz CT molecular complexity index is 907. The number of aromatic nitrogens is 1. The van der Waals surface area contributed by atoms with Crippen molar-refractivity contribution in [3.63, 3.8) is 0 Å². The minimum absolute atomic E-state index is 0.00684. The molecule has 0 saturated carbocycles. The van der Waals surface area contributed by atoms with E-state index in [1.807, 2.05) is 31.2 Å². The topological polar surface area (TPSA) is 76.3 Å². The van der Waals surface area contributed by atoms with Crippen LogP contribution in [0.4, 0.5) is 5.69 Å². The lowest BCUT2D eigenvalue weighted by atomic mass is 10.3. The summed E-state index contributed by atoms with van der Waals surface area (Å²) in [7, 11) is 1.77. The molecule has 3 rings (SSSR count). The maximum atomic E-state index is 12.6. The summed E-state index contributed by atoms with van der Waals surface area (Å²) in [6.45, 7) is 2.30. The highest BCUT2D eigenvalue weighted by Gasteiger charge is 2.20. The summed E-state index contributed by atoms with van der Waals surface area (Å²) in [6, 6.07) is 14.1. The van der Waals surface area contributed by atoms with Gasteiger partial charge in [-0.3, -0.25) is 14.9 Å². The molecule has 0 N–H and O–H groups in total. The van der Waals surface area contributed by atoms with Gasteiger partial charge in [-0.2, -0.15) is 0 Å². The Kier molecular flexibility index (Phi) is 5.53. The van der Waals surface area contributed by atoms with Gasteiger partial charge in [0.15, 0.2) is 0 Å². The first-order valence-electron chi connectivity index (χ1n) is 7.94. The molecule has 0 bridgehead atoms. The number of carbonyl (C=O) groups excluding carboxylic acids is 1. The Hall–Kier alpha value is -2.45. The van der Waals surface area contributed by atoms with E-state index in [1.165, 1.54) is 23.9 Å². The molecule has 0 radical (unpaired) electrons. The SMILES string of the molecule is CC(Sc1ccc([N+](=O)[O-])cc1)C(=O)N(C)Cc1nc2ccccc2s1. The van der Waals surface area contributed by atoms with Crippen LogP contribution in [0.2, 0.25) is 0 Å². The summed E-state index contributed by atoms with van der Waals surface area (Å²) in [6.07, 6.45) is 0. The quantitative estimate of drug-likeness (QED) is 0.357. The first-order chi connectivity index (χ1) is 12.4. The zero-order valence-corrected chi connectivity index (χ0v) is 15.9. The van der Waals surface area contributed by atoms with Crippen LogP contribution in [0.15, 0.2) is 53.4 Å². The van der Waals surface area contributed by atoms with Crippen LogP contribution < -0.4 is 0 Å². The van der Waals surface area contributed by atoms with Gasteiger partial charge in [-0.05, 0) is 31.2 Å². The maximum Gasteiger partial charge on any atom is 0.269 e. The van der Waals surface area contributed by atoms with Crippen LogP contribution in [0.5, 0.6) is 0 Å². The van der Waals surface area contributed by atoms with Crippen LogP contribution >= 0.6 is 23.1 Å². The van der Waals surface area contributed by atoms with Crippen molar-refractivity contribution >= 4 is 44.9 Å². The number of nitro groups is 1. The van der Waals surface area contributed by atoms with Crippen molar-refractivity contribution in [3.8, 4) is 0 Å². The largest absolute Gasteiger partial charge is 0.338 e. The van der Waals surface area contributed by atoms with Crippen molar-refractivity contribution in [2.75, 3.05) is 7.05 Å². The number of amides is 1. The lowest BCUT2D eigenvalue weighted by Gasteiger charge is -2.20. The minimum atomic E-state index is -0.436. The second kappa shape index (κ2) is 7.84. The molecule has 6 nitrogen and oxygen atoms in total. The van der Waals surface area contributed by atoms with E-state index >= 15 is 0 Å². The van der Waals surface area contributed by atoms with Crippen molar-refractivity contribution in [2.24, 2.45) is 0 Å². The highest BCUT2D eigenvalue weighted by Crippen LogP contribution is 2.27. The molecular weight excluding hydrogens is 370 g/mol. The summed E-state index contributed by atoms with van der Waals surface area (Å²) in [5.74, 6) is -0.00684. The Morgan fingerprint density at radius 1 is 1.27 bits per heavy atom. The second-order valence-electron chi connectivity index (χ2n) is 5.78. The number of thiazole rings is 1. The standard InChI is InChI=1S/C18H17N3O3S2/c1-12(25-14-9-7-13(8-10-14)21(23)24)18(22)20(2)11-17-19-15-5-3-4-6-16(15)26-17/h3-10,12H,11H2,1-2H3. The number of thioether (sulfide) groups is 1. The molecule has 134 valence electrons. The zero-order chi connectivity index (χ0) is 18.7. The van der Waals surface area contributed by atoms with Gasteiger partial charge in [0.1, 0.15) is 5.01 Å². The first kappa shape index (κ1) is 18.3. The molecule has 0 spiro atoms. The molecule has 1 amide bonds. The Labute approximate surface area is 159 Å². The summed E-state index contributed by atoms with van der Waals surface area (Å²) < 4.78 is 1.11. The predicted molar refractivity (Wildman–Crippen MR) is 105 cm³/mol. The summed E-state index contributed by atoms with van der Waals surface area (Å²) in [5.41, 5.74) is 0.989. The normalized spacial score (nSPS) is 12.1. The molecule has 3 aromatic rings. The number of rotatable bonds is 6. The number of non-ortho nitro benzene ring substituents is 1. The van der Waals surface area contributed by atoms with E-state index in [2.05, 4.69) is 4.98 Å². The van der Waals surface area contributed by atoms with E-state index in [-0.39, 0.29) is 16.8 Å². The van der Waals surface area contributed by atoms with E-state index < -0.39 is 4.92 Å². The Balaban J connectivity index is 1.62. The molecule has 0 aliphatic carbocycles. The molecule has 0 aliphatic heterocycles. The van der Waals surface area contributed by atoms with Crippen molar-refractivity contribution < 1.29 is 9.72 Å². The van der Waals surface area contributed by atoms with Gasteiger partial charge in [0, 0.05) is 24.1 Å². The van der Waals surface area contributed by atoms with Crippen LogP contribution in [0.25, 0.3) is 10.2 Å². The molecule has 26 heavy (non-hydrogen) atoms. The molecule has 0 saturated heterocycles. The van der Waals surface area contributed by atoms with Gasteiger partial charge in [-0.25, -0.2) is 4.98 Å². The van der Waals surface area contributed by atoms with Gasteiger partial charge in [-0.1, -0.05) is 12.1 Å². The van der Waals surface area contributed by atoms with E-state index in [0.717, 1.165) is 20.1 Å². The fraction of sp³-hybridized carbons (Fsp3) is 0.222. The number of carbonyl (C=O) groups is 1. The fourth-order valence-electron chi connectivity index (χ4n) is 2.48. The van der Waals surface area contributed by atoms with Crippen molar-refractivity contribution in [1.29, 1.82) is 0 Å². The number of nitrogens with zero attached hydrogens (tertiary/aromatic N) is 3. The Morgan fingerprint density at radius 3 is 2.62 bits per heavy atom. The van der Waals surface area contributed by atoms with Gasteiger partial charge in [0.2, 0.25) is 5.91 Å². The lowest BCUT2D eigenvalue weighted by Crippen LogP contribution is -2.32. The van der Waals surface area contributed by atoms with E-state index in [0.29, 0.717) is 6.54 Å². The highest BCUT2D eigenvalue weighted by atomic mass is 32.2. The number of hydrogen-bond acceptors (Lipinski definition) is 6. The molecule has 1 atom stereocenters. The van der Waals surface area contributed by atoms with E-state index in [9.17, 15) is 14.9 Å². The fourth-order valence-corrected chi connectivity index (χ4v) is 4.48. The molecule has 1 aromatic heterocycles. The maximum absolute atomic E-state index is 12.6. The third-order valence-electron chi connectivity index (χ3n) is 3.79. The zero-order valence-electron chi connectivity index (χ0n) is 14.3. The van der Waals surface area contributed by atoms with Crippen molar-refractivity contribution in [3.05, 3.63) is 63.7 Å². The lowest BCUT2D eigenvalue weighted by molar-refractivity contribution is -0.384. The van der Waals surface area contributed by atoms with Crippen molar-refractivity contribution in [1.82, 2.24) is 9.88 Å². The average Bonchev–Trinajstić information content (AvgIpc) is 3.03. The number of fused-ring (bicyclic) bond motifs is 1.